The van der Waals surface area contributed by atoms with Crippen LogP contribution in [0.15, 0.2) is 0 Å². The number of aliphatic carboxylic acids is 5. The number of carboxylic acids is 5. The number of hydrogen-bond donors (Lipinski definition) is 34. The van der Waals surface area contributed by atoms with Crippen molar-refractivity contribution in [2.75, 3.05) is 38.5 Å². The third-order valence-corrected chi connectivity index (χ3v) is 22.7. The monoisotopic (exact) mass is 2130 g/mol. The van der Waals surface area contributed by atoms with E-state index in [1.807, 2.05) is 10.6 Å². The largest absolute Gasteiger partial charge is 0.481 e. The molecule has 38 N–H and O–H groups in total. The third kappa shape index (κ3) is 50.6. The average molecular weight is 2130 g/mol. The van der Waals surface area contributed by atoms with E-state index in [0.717, 1.165) is 32.6 Å². The zero-order valence-corrected chi connectivity index (χ0v) is 85.9. The number of carboxylic acid groups (broad SMARTS) is 5. The second kappa shape index (κ2) is 66.6. The molecule has 60 heteroatoms. The Morgan fingerprint density at radius 3 is 1.13 bits per heavy atom. The lowest BCUT2D eigenvalue weighted by atomic mass is 9.98. The van der Waals surface area contributed by atoms with Crippen LogP contribution in [0.2, 0.25) is 0 Å². The molecule has 0 spiro atoms. The minimum Gasteiger partial charge on any atom is -0.481 e. The summed E-state index contributed by atoms with van der Waals surface area (Å²) in [5, 5.41) is 121. The van der Waals surface area contributed by atoms with Crippen LogP contribution in [0, 0.1) is 34.5 Å². The van der Waals surface area contributed by atoms with Crippen LogP contribution in [0.4, 0.5) is 0 Å². The molecule has 0 unspecified atom stereocenters. The first-order chi connectivity index (χ1) is 68.9. The summed E-state index contributed by atoms with van der Waals surface area (Å²) in [5.74, 6) is -33.1. The van der Waals surface area contributed by atoms with Gasteiger partial charge in [-0.15, -0.1) is 0 Å². The lowest BCUT2D eigenvalue weighted by molar-refractivity contribution is -0.143. The Labute approximate surface area is 858 Å². The topological polar surface area (TPSA) is 970 Å². The van der Waals surface area contributed by atoms with Crippen LogP contribution in [-0.2, 0) is 120 Å². The number of likely N-dealkylation sites (tertiary alicyclic amines) is 1. The number of hydrogen-bond acceptors (Lipinski definition) is 31. The first kappa shape index (κ1) is 132. The van der Waals surface area contributed by atoms with Gasteiger partial charge in [-0.3, -0.25) is 126 Å². The molecule has 1 heterocycles. The fraction of sp³-hybridized carbons (Fsp3) is 0.693. The van der Waals surface area contributed by atoms with E-state index in [2.05, 4.69) is 108 Å². The molecule has 20 atom stereocenters. The van der Waals surface area contributed by atoms with Crippen LogP contribution in [0.3, 0.4) is 0 Å². The molecule has 1 fully saturated rings. The van der Waals surface area contributed by atoms with E-state index >= 15 is 0 Å². The minimum absolute atomic E-state index is 0.0144. The van der Waals surface area contributed by atoms with Gasteiger partial charge in [-0.1, -0.05) is 55.4 Å². The van der Waals surface area contributed by atoms with Crippen molar-refractivity contribution in [1.29, 1.82) is 10.8 Å². The first-order valence-electron chi connectivity index (χ1n) is 48.0. The quantitative estimate of drug-likeness (QED) is 0.0116. The Kier molecular flexibility index (Phi) is 59.2. The molecule has 0 radical (unpaired) electrons. The standard InChI is InChI=1S/C88H150N28O31S/c1-38(2)29-52(79(139)110-54(32-60(91)118)80(140)111-55(33-63(122)123)73(133)98-36-61(119)103-50(23-24-62(120)121)76(136)114-66(41(7)8)83(143)112-53(30-39(3)4)78(138)105-49(20-16-26-96-87(92)93)75(135)113-58(86(146)147)31-40(5)6)107-70(130)44(11)100-77(137)56(34-64(124)125)108-69(129)43(10)99-68(128)42(9)102-84(144)67(46(13)117)115-71(131)45(12)101-82(142)59-22-18-28-116(59)85(145)51(21-17-27-97-88(94)95)106-74(134)48(19-14-15-25-89)104-81(141)57(35-65(126)127)109-72(132)47(90)37-148/h38-59,66-67,117,148H,14-37,89-90H2,1-13H3,(H2,91,118)(H,98,133)(H,99,128)(H,100,137)(H,101,142)(H,102,144)(H,103,119)(H,104,141)(H,105,138)(H,106,134)(H,107,130)(H,108,129)(H,109,132)(H,110,139)(H,111,140)(H,112,143)(H,113,135)(H,114,136)(H,115,131)(H,120,121)(H,122,123)(H,124,125)(H,126,127)(H,146,147)(H4,92,93,96)(H4,94,95,97)/t42-,43-,44-,45-,46+,47-,48-,49-,50-,51-,52-,53-,54-,55-,56-,57-,58-,59-,66-,67-/m0/s1. The Balaban J connectivity index is 3.35. The summed E-state index contributed by atoms with van der Waals surface area (Å²) in [4.78, 5) is 337. The van der Waals surface area contributed by atoms with Gasteiger partial charge in [0.25, 0.3) is 0 Å². The molecule has 0 aromatic carbocycles. The Hall–Kier alpha value is -14.5. The summed E-state index contributed by atoms with van der Waals surface area (Å²) in [6.45, 7) is 17.4. The minimum atomic E-state index is -2.17. The molecule has 1 aliphatic heterocycles. The molecule has 1 aliphatic rings. The van der Waals surface area contributed by atoms with E-state index in [1.54, 1.807) is 41.5 Å². The molecule has 0 aromatic rings. The molecule has 0 aliphatic carbocycles. The van der Waals surface area contributed by atoms with Crippen molar-refractivity contribution >= 4 is 173 Å². The van der Waals surface area contributed by atoms with Crippen LogP contribution in [0.25, 0.3) is 0 Å². The van der Waals surface area contributed by atoms with Gasteiger partial charge < -0.3 is 171 Å². The summed E-state index contributed by atoms with van der Waals surface area (Å²) in [5.41, 5.74) is 27.7. The zero-order chi connectivity index (χ0) is 113. The molecule has 0 aromatic heterocycles. The van der Waals surface area contributed by atoms with E-state index in [4.69, 9.17) is 39.5 Å². The van der Waals surface area contributed by atoms with Gasteiger partial charge in [0.15, 0.2) is 11.9 Å². The summed E-state index contributed by atoms with van der Waals surface area (Å²) < 4.78 is 0. The third-order valence-electron chi connectivity index (χ3n) is 22.3. The summed E-state index contributed by atoms with van der Waals surface area (Å²) in [6.07, 6.45) is -7.35. The van der Waals surface area contributed by atoms with Crippen LogP contribution in [-0.4, -0.2) is 355 Å². The number of nitrogens with two attached hydrogens (primary N) is 5. The number of amides is 20. The Morgan fingerprint density at radius 2 is 0.696 bits per heavy atom. The van der Waals surface area contributed by atoms with E-state index in [1.165, 1.54) is 20.8 Å². The van der Waals surface area contributed by atoms with Gasteiger partial charge in [-0.25, -0.2) is 4.79 Å². The number of guanidine groups is 2. The highest BCUT2D eigenvalue weighted by Crippen LogP contribution is 2.22. The zero-order valence-electron chi connectivity index (χ0n) is 85.0. The predicted octanol–water partition coefficient (Wildman–Crippen LogP) is -11.2. The van der Waals surface area contributed by atoms with Gasteiger partial charge in [-0.05, 0) is 148 Å². The fourth-order valence-electron chi connectivity index (χ4n) is 14.4. The SMILES string of the molecule is CC(C)C[C@H](NC(=O)[C@H](CCCNC(=N)N)NC(=O)[C@H](CC(C)C)NC(=O)[C@@H](NC(=O)[C@H](CCC(=O)O)NC(=O)CNC(=O)[C@H](CC(=O)O)NC(=O)[C@H](CC(N)=O)NC(=O)[C@H](CC(C)C)NC(=O)[C@H](C)NC(=O)[C@H](CC(=O)O)NC(=O)[C@H](C)NC(=O)[C@H](C)NC(=O)[C@@H](NC(=O)[C@H](C)NC(=O)[C@@H]1CCCN1C(=O)[C@H](CCCNC(=N)N)NC(=O)[C@H](CCCCN)NC(=O)[C@H](CC(=O)O)NC(=O)[C@@H](N)CS)[C@@H](C)O)C(C)C)C(=O)O. The van der Waals surface area contributed by atoms with Crippen molar-refractivity contribution < 1.29 is 151 Å². The fourth-order valence-corrected chi connectivity index (χ4v) is 14.6. The van der Waals surface area contributed by atoms with Crippen molar-refractivity contribution in [3.05, 3.63) is 0 Å². The highest BCUT2D eigenvalue weighted by Gasteiger charge is 2.44. The second-order valence-electron chi connectivity index (χ2n) is 37.2. The second-order valence-corrected chi connectivity index (χ2v) is 37.5. The maximum Gasteiger partial charge on any atom is 0.326 e. The molecule has 0 bridgehead atoms. The predicted molar refractivity (Wildman–Crippen MR) is 526 cm³/mol. The molecule has 1 rings (SSSR count). The number of aliphatic hydroxyl groups is 1. The average Bonchev–Trinajstić information content (AvgIpc) is 1.68. The summed E-state index contributed by atoms with van der Waals surface area (Å²) in [7, 11) is 0. The molecular weight excluding hydrogens is 1980 g/mol. The number of carbonyl (C=O) groups excluding carboxylic acids is 20. The Bertz CT molecular complexity index is 4660. The highest BCUT2D eigenvalue weighted by atomic mass is 32.1. The van der Waals surface area contributed by atoms with E-state index < -0.39 is 338 Å². The van der Waals surface area contributed by atoms with Gasteiger partial charge in [-0.2, -0.15) is 12.6 Å². The maximum atomic E-state index is 14.5. The number of primary amides is 1. The van der Waals surface area contributed by atoms with E-state index in [0.29, 0.717) is 6.42 Å². The van der Waals surface area contributed by atoms with Gasteiger partial charge in [0.05, 0.1) is 44.4 Å². The van der Waals surface area contributed by atoms with Gasteiger partial charge in [0.1, 0.15) is 109 Å². The number of nitrogens with one attached hydrogen (secondary N) is 22. The lowest BCUT2D eigenvalue weighted by Crippen LogP contribution is -2.61. The van der Waals surface area contributed by atoms with Crippen molar-refractivity contribution in [3.8, 4) is 0 Å². The number of unbranched alkanes of at least 4 members (excludes halogenated alkanes) is 1. The van der Waals surface area contributed by atoms with Crippen molar-refractivity contribution in [3.63, 3.8) is 0 Å². The number of thiol groups is 1. The van der Waals surface area contributed by atoms with Crippen molar-refractivity contribution in [2.45, 2.75) is 326 Å². The summed E-state index contributed by atoms with van der Waals surface area (Å²) >= 11 is 3.95. The Morgan fingerprint density at radius 1 is 0.358 bits per heavy atom. The van der Waals surface area contributed by atoms with Crippen LogP contribution in [0.5, 0.6) is 0 Å². The molecule has 0 saturated carbocycles. The van der Waals surface area contributed by atoms with Crippen LogP contribution in [0.1, 0.15) is 206 Å². The molecule has 59 nitrogen and oxygen atoms in total. The molecular formula is C88H150N28O31S. The highest BCUT2D eigenvalue weighted by molar-refractivity contribution is 7.80. The number of carbonyl (C=O) groups is 25. The maximum absolute atomic E-state index is 14.5. The smallest absolute Gasteiger partial charge is 0.326 e. The van der Waals surface area contributed by atoms with Crippen LogP contribution < -0.4 is 135 Å². The molecule has 1 saturated heterocycles. The molecule has 148 heavy (non-hydrogen) atoms. The summed E-state index contributed by atoms with van der Waals surface area (Å²) in [6, 6.07) is -31.2. The number of aliphatic hydroxyl groups excluding tert-OH is 1. The van der Waals surface area contributed by atoms with Gasteiger partial charge in [0.2, 0.25) is 118 Å². The van der Waals surface area contributed by atoms with Gasteiger partial charge in [0, 0.05) is 31.8 Å². The van der Waals surface area contributed by atoms with E-state index in [-0.39, 0.29) is 114 Å². The molecule has 834 valence electrons. The van der Waals surface area contributed by atoms with Crippen LogP contribution >= 0.6 is 12.6 Å². The molecule has 20 amide bonds. The first-order valence-corrected chi connectivity index (χ1v) is 48.6. The van der Waals surface area contributed by atoms with Gasteiger partial charge >= 0.3 is 29.8 Å². The van der Waals surface area contributed by atoms with Crippen molar-refractivity contribution in [1.82, 2.24) is 111 Å². The normalized spacial score (nSPS) is 16.0. The number of rotatable bonds is 70. The number of nitrogens with zero attached hydrogens (tertiary/aromatic N) is 1. The lowest BCUT2D eigenvalue weighted by Gasteiger charge is -2.31. The van der Waals surface area contributed by atoms with Crippen molar-refractivity contribution in [2.24, 2.45) is 52.3 Å². The van der Waals surface area contributed by atoms with E-state index in [9.17, 15) is 151 Å².